The van der Waals surface area contributed by atoms with E-state index in [1.807, 2.05) is 4.90 Å². The second-order valence-electron chi connectivity index (χ2n) is 5.60. The molecule has 0 bridgehead atoms. The Labute approximate surface area is 121 Å². The first-order valence-electron chi connectivity index (χ1n) is 7.88. The lowest BCUT2D eigenvalue weighted by atomic mass is 9.85. The zero-order valence-electron chi connectivity index (χ0n) is 12.4. The van der Waals surface area contributed by atoms with Crippen LogP contribution < -0.4 is 0 Å². The standard InChI is InChI=1S/C16H25NO3/c1-2-20-16(19)11-5-10-15(18)17-12-6-8-13-7-3-4-9-14(13)17/h9,13H,2-8,10-12H2,1H3. The van der Waals surface area contributed by atoms with E-state index in [0.717, 1.165) is 19.4 Å². The SMILES string of the molecule is CCOC(=O)CCCC(=O)N1CCCC2CCCC=C21. The summed E-state index contributed by atoms with van der Waals surface area (Å²) in [5.41, 5.74) is 1.25. The van der Waals surface area contributed by atoms with Crippen LogP contribution in [0.1, 0.15) is 58.3 Å². The van der Waals surface area contributed by atoms with Gasteiger partial charge in [-0.05, 0) is 51.4 Å². The van der Waals surface area contributed by atoms with E-state index in [9.17, 15) is 9.59 Å². The van der Waals surface area contributed by atoms with Crippen LogP contribution in [0.2, 0.25) is 0 Å². The number of carbonyl (C=O) groups excluding carboxylic acids is 2. The molecule has 1 aliphatic carbocycles. The number of allylic oxidation sites excluding steroid dienone is 2. The summed E-state index contributed by atoms with van der Waals surface area (Å²) >= 11 is 0. The highest BCUT2D eigenvalue weighted by molar-refractivity contribution is 5.79. The molecule has 0 saturated carbocycles. The van der Waals surface area contributed by atoms with E-state index in [0.29, 0.717) is 31.8 Å². The Morgan fingerprint density at radius 1 is 1.30 bits per heavy atom. The van der Waals surface area contributed by atoms with Crippen LogP contribution in [0.5, 0.6) is 0 Å². The van der Waals surface area contributed by atoms with Crippen molar-refractivity contribution < 1.29 is 14.3 Å². The Morgan fingerprint density at radius 2 is 2.10 bits per heavy atom. The minimum absolute atomic E-state index is 0.173. The van der Waals surface area contributed by atoms with Crippen LogP contribution in [0.3, 0.4) is 0 Å². The molecule has 1 unspecified atom stereocenters. The summed E-state index contributed by atoms with van der Waals surface area (Å²) in [6.45, 7) is 3.06. The van der Waals surface area contributed by atoms with Gasteiger partial charge in [0.2, 0.25) is 5.91 Å². The number of amides is 1. The van der Waals surface area contributed by atoms with Crippen molar-refractivity contribution in [2.45, 2.75) is 58.3 Å². The number of carbonyl (C=O) groups is 2. The Hall–Kier alpha value is -1.32. The zero-order chi connectivity index (χ0) is 14.4. The van der Waals surface area contributed by atoms with Crippen LogP contribution in [0.25, 0.3) is 0 Å². The van der Waals surface area contributed by atoms with Crippen molar-refractivity contribution in [1.82, 2.24) is 4.90 Å². The summed E-state index contributed by atoms with van der Waals surface area (Å²) in [5, 5.41) is 0. The molecule has 1 saturated heterocycles. The number of rotatable bonds is 5. The molecule has 1 amide bonds. The van der Waals surface area contributed by atoms with Crippen molar-refractivity contribution >= 4 is 11.9 Å². The van der Waals surface area contributed by atoms with Crippen LogP contribution in [-0.4, -0.2) is 29.9 Å². The second-order valence-corrected chi connectivity index (χ2v) is 5.60. The Morgan fingerprint density at radius 3 is 2.90 bits per heavy atom. The Bertz CT molecular complexity index is 389. The first-order chi connectivity index (χ1) is 9.72. The molecule has 1 fully saturated rings. The topological polar surface area (TPSA) is 46.6 Å². The second kappa shape index (κ2) is 7.46. The van der Waals surface area contributed by atoms with Crippen molar-refractivity contribution in [2.24, 2.45) is 5.92 Å². The zero-order valence-corrected chi connectivity index (χ0v) is 12.4. The van der Waals surface area contributed by atoms with Crippen molar-refractivity contribution in [3.8, 4) is 0 Å². The van der Waals surface area contributed by atoms with E-state index in [2.05, 4.69) is 6.08 Å². The maximum Gasteiger partial charge on any atom is 0.305 e. The van der Waals surface area contributed by atoms with Crippen LogP contribution in [-0.2, 0) is 14.3 Å². The number of ether oxygens (including phenoxy) is 1. The van der Waals surface area contributed by atoms with Gasteiger partial charge in [-0.15, -0.1) is 0 Å². The molecule has 112 valence electrons. The van der Waals surface area contributed by atoms with Crippen molar-refractivity contribution in [2.75, 3.05) is 13.2 Å². The normalized spacial score (nSPS) is 21.9. The van der Waals surface area contributed by atoms with E-state index in [-0.39, 0.29) is 11.9 Å². The van der Waals surface area contributed by atoms with Crippen LogP contribution in [0.15, 0.2) is 11.8 Å². The molecule has 0 aromatic rings. The summed E-state index contributed by atoms with van der Waals surface area (Å²) in [7, 11) is 0. The van der Waals surface area contributed by atoms with E-state index >= 15 is 0 Å². The predicted molar refractivity (Wildman–Crippen MR) is 76.9 cm³/mol. The van der Waals surface area contributed by atoms with Crippen molar-refractivity contribution in [1.29, 1.82) is 0 Å². The molecule has 20 heavy (non-hydrogen) atoms. The molecule has 4 nitrogen and oxygen atoms in total. The Kier molecular flexibility index (Phi) is 5.62. The first kappa shape index (κ1) is 15.1. The summed E-state index contributed by atoms with van der Waals surface area (Å²) in [6.07, 6.45) is 9.52. The Balaban J connectivity index is 1.82. The lowest BCUT2D eigenvalue weighted by molar-refractivity contribution is -0.143. The van der Waals surface area contributed by atoms with Gasteiger partial charge in [-0.1, -0.05) is 6.08 Å². The molecular formula is C16H25NO3. The quantitative estimate of drug-likeness (QED) is 0.727. The summed E-state index contributed by atoms with van der Waals surface area (Å²) in [6, 6.07) is 0. The fourth-order valence-electron chi connectivity index (χ4n) is 3.20. The lowest BCUT2D eigenvalue weighted by Crippen LogP contribution is -2.38. The number of likely N-dealkylation sites (tertiary alicyclic amines) is 1. The molecule has 1 aliphatic heterocycles. The number of nitrogens with zero attached hydrogens (tertiary/aromatic N) is 1. The van der Waals surface area contributed by atoms with Gasteiger partial charge < -0.3 is 9.64 Å². The summed E-state index contributed by atoms with van der Waals surface area (Å²) < 4.78 is 4.88. The van der Waals surface area contributed by atoms with Gasteiger partial charge in [-0.25, -0.2) is 0 Å². The molecule has 0 spiro atoms. The smallest absolute Gasteiger partial charge is 0.305 e. The average molecular weight is 279 g/mol. The molecule has 0 aromatic heterocycles. The lowest BCUT2D eigenvalue weighted by Gasteiger charge is -2.38. The monoisotopic (exact) mass is 279 g/mol. The largest absolute Gasteiger partial charge is 0.466 e. The summed E-state index contributed by atoms with van der Waals surface area (Å²) in [4.78, 5) is 25.6. The van der Waals surface area contributed by atoms with Crippen molar-refractivity contribution in [3.63, 3.8) is 0 Å². The number of piperidine rings is 1. The highest BCUT2D eigenvalue weighted by Gasteiger charge is 2.29. The molecule has 0 radical (unpaired) electrons. The van der Waals surface area contributed by atoms with Gasteiger partial charge in [-0.3, -0.25) is 9.59 Å². The maximum atomic E-state index is 12.3. The molecule has 0 N–H and O–H groups in total. The van der Waals surface area contributed by atoms with Gasteiger partial charge >= 0.3 is 5.97 Å². The predicted octanol–water partition coefficient (Wildman–Crippen LogP) is 3.03. The van der Waals surface area contributed by atoms with Crippen LogP contribution >= 0.6 is 0 Å². The highest BCUT2D eigenvalue weighted by Crippen LogP contribution is 2.35. The van der Waals surface area contributed by atoms with Gasteiger partial charge in [0.1, 0.15) is 0 Å². The third-order valence-electron chi connectivity index (χ3n) is 4.15. The van der Waals surface area contributed by atoms with E-state index < -0.39 is 0 Å². The molecule has 2 rings (SSSR count). The van der Waals surface area contributed by atoms with Gasteiger partial charge in [-0.2, -0.15) is 0 Å². The molecule has 2 aliphatic rings. The highest BCUT2D eigenvalue weighted by atomic mass is 16.5. The first-order valence-corrected chi connectivity index (χ1v) is 7.88. The van der Waals surface area contributed by atoms with Crippen LogP contribution in [0.4, 0.5) is 0 Å². The molecule has 1 heterocycles. The maximum absolute atomic E-state index is 12.3. The molecule has 0 aromatic carbocycles. The third kappa shape index (κ3) is 3.84. The van der Waals surface area contributed by atoms with E-state index in [1.165, 1.54) is 25.0 Å². The fraction of sp³-hybridized carbons (Fsp3) is 0.750. The van der Waals surface area contributed by atoms with Gasteiger partial charge in [0.05, 0.1) is 6.61 Å². The number of fused-ring (bicyclic) bond motifs is 1. The molecule has 4 heteroatoms. The third-order valence-corrected chi connectivity index (χ3v) is 4.15. The number of hydrogen-bond acceptors (Lipinski definition) is 3. The molecular weight excluding hydrogens is 254 g/mol. The van der Waals surface area contributed by atoms with Crippen LogP contribution in [0, 0.1) is 5.92 Å². The van der Waals surface area contributed by atoms with Gasteiger partial charge in [0, 0.05) is 25.1 Å². The molecule has 1 atom stereocenters. The van der Waals surface area contributed by atoms with E-state index in [1.54, 1.807) is 6.92 Å². The van der Waals surface area contributed by atoms with Crippen molar-refractivity contribution in [3.05, 3.63) is 11.8 Å². The van der Waals surface area contributed by atoms with Gasteiger partial charge in [0.25, 0.3) is 0 Å². The van der Waals surface area contributed by atoms with Gasteiger partial charge in [0.15, 0.2) is 0 Å². The average Bonchev–Trinajstić information content (AvgIpc) is 2.47. The van der Waals surface area contributed by atoms with E-state index in [4.69, 9.17) is 4.74 Å². The number of esters is 1. The fourth-order valence-corrected chi connectivity index (χ4v) is 3.20. The minimum Gasteiger partial charge on any atom is -0.466 e. The summed E-state index contributed by atoms with van der Waals surface area (Å²) in [5.74, 6) is 0.562. The number of hydrogen-bond donors (Lipinski definition) is 0. The minimum atomic E-state index is -0.200.